The van der Waals surface area contributed by atoms with Gasteiger partial charge in [0.15, 0.2) is 0 Å². The van der Waals surface area contributed by atoms with Crippen molar-refractivity contribution in [3.63, 3.8) is 0 Å². The van der Waals surface area contributed by atoms with Gasteiger partial charge in [-0.25, -0.2) is 4.79 Å². The molecule has 4 nitrogen and oxygen atoms in total. The topological polar surface area (TPSA) is 47.6 Å². The molecule has 1 aromatic carbocycles. The molecule has 0 fully saturated rings. The Morgan fingerprint density at radius 1 is 1.27 bits per heavy atom. The lowest BCUT2D eigenvalue weighted by atomic mass is 10.2. The molecule has 1 aromatic rings. The summed E-state index contributed by atoms with van der Waals surface area (Å²) in [5.74, 6) is -0.153. The molecule has 76 valence electrons. The molecule has 4 heteroatoms. The lowest BCUT2D eigenvalue weighted by Crippen LogP contribution is -2.18. The van der Waals surface area contributed by atoms with Gasteiger partial charge in [-0.2, -0.15) is 5.48 Å². The first-order valence-electron chi connectivity index (χ1n) is 4.42. The number of esters is 1. The molecule has 15 heavy (non-hydrogen) atoms. The minimum atomic E-state index is -0.423. The summed E-state index contributed by atoms with van der Waals surface area (Å²) < 4.78 is 5.01. The highest BCUT2D eigenvalue weighted by molar-refractivity contribution is 5.89. The van der Waals surface area contributed by atoms with Crippen molar-refractivity contribution in [3.05, 3.63) is 60.2 Å². The number of benzene rings is 1. The highest BCUT2D eigenvalue weighted by atomic mass is 16.7. The van der Waals surface area contributed by atoms with Crippen molar-refractivity contribution >= 4 is 5.97 Å². The van der Waals surface area contributed by atoms with Crippen molar-refractivity contribution in [2.75, 3.05) is 0 Å². The van der Waals surface area contributed by atoms with Crippen LogP contribution in [0.15, 0.2) is 54.6 Å². The van der Waals surface area contributed by atoms with E-state index in [1.165, 1.54) is 6.26 Å². The summed E-state index contributed by atoms with van der Waals surface area (Å²) in [5, 5.41) is 0. The van der Waals surface area contributed by atoms with Crippen molar-refractivity contribution < 1.29 is 14.4 Å². The largest absolute Gasteiger partial charge is 0.403 e. The van der Waals surface area contributed by atoms with E-state index in [1.807, 2.05) is 6.07 Å². The number of carbonyl (C=O) groups excluding carboxylic acids is 1. The molecule has 0 unspecified atom stereocenters. The van der Waals surface area contributed by atoms with Crippen LogP contribution in [-0.2, 0) is 9.57 Å². The molecule has 1 aliphatic heterocycles. The van der Waals surface area contributed by atoms with Crippen LogP contribution in [0.3, 0.4) is 0 Å². The molecule has 0 radical (unpaired) electrons. The van der Waals surface area contributed by atoms with Crippen molar-refractivity contribution in [2.45, 2.75) is 0 Å². The van der Waals surface area contributed by atoms with Gasteiger partial charge in [0.25, 0.3) is 0 Å². The molecule has 2 rings (SSSR count). The number of hydrogen-bond donors (Lipinski definition) is 1. The number of rotatable bonds is 2. The second-order valence-corrected chi connectivity index (χ2v) is 2.83. The minimum absolute atomic E-state index is 0.270. The maximum absolute atomic E-state index is 11.5. The van der Waals surface area contributed by atoms with Crippen LogP contribution in [-0.4, -0.2) is 5.97 Å². The van der Waals surface area contributed by atoms with Gasteiger partial charge in [0.05, 0.1) is 5.56 Å². The third-order valence-corrected chi connectivity index (χ3v) is 1.77. The summed E-state index contributed by atoms with van der Waals surface area (Å²) in [5.41, 5.74) is 2.95. The Morgan fingerprint density at radius 3 is 2.73 bits per heavy atom. The second kappa shape index (κ2) is 4.32. The van der Waals surface area contributed by atoms with E-state index in [-0.39, 0.29) is 5.88 Å². The van der Waals surface area contributed by atoms with Crippen LogP contribution in [0.2, 0.25) is 0 Å². The van der Waals surface area contributed by atoms with Crippen molar-refractivity contribution in [1.29, 1.82) is 0 Å². The zero-order valence-corrected chi connectivity index (χ0v) is 7.84. The quantitative estimate of drug-likeness (QED) is 0.743. The van der Waals surface area contributed by atoms with Crippen molar-refractivity contribution in [2.24, 2.45) is 0 Å². The smallest absolute Gasteiger partial charge is 0.344 e. The lowest BCUT2D eigenvalue weighted by molar-refractivity contribution is 0.0425. The average molecular weight is 203 g/mol. The first kappa shape index (κ1) is 9.33. The van der Waals surface area contributed by atoms with Crippen LogP contribution in [0, 0.1) is 0 Å². The lowest BCUT2D eigenvalue weighted by Gasteiger charge is -2.11. The summed E-state index contributed by atoms with van der Waals surface area (Å²) in [6.45, 7) is 0. The number of hydroxylamine groups is 1. The molecule has 1 aliphatic rings. The molecule has 0 saturated carbocycles. The number of allylic oxidation sites excluding steroid dienone is 2. The van der Waals surface area contributed by atoms with E-state index >= 15 is 0 Å². The molecule has 0 aliphatic carbocycles. The Kier molecular flexibility index (Phi) is 2.69. The summed E-state index contributed by atoms with van der Waals surface area (Å²) in [6, 6.07) is 8.75. The molecular formula is C11H9NO3. The van der Waals surface area contributed by atoms with Gasteiger partial charge in [0.2, 0.25) is 5.88 Å². The van der Waals surface area contributed by atoms with Crippen LogP contribution in [0.5, 0.6) is 0 Å². The van der Waals surface area contributed by atoms with Crippen molar-refractivity contribution in [1.82, 2.24) is 5.48 Å². The van der Waals surface area contributed by atoms with E-state index in [9.17, 15) is 4.79 Å². The fourth-order valence-corrected chi connectivity index (χ4v) is 1.08. The highest BCUT2D eigenvalue weighted by Gasteiger charge is 2.10. The van der Waals surface area contributed by atoms with Crippen LogP contribution < -0.4 is 5.48 Å². The molecule has 0 bridgehead atoms. The van der Waals surface area contributed by atoms with Crippen LogP contribution >= 0.6 is 0 Å². The summed E-state index contributed by atoms with van der Waals surface area (Å²) in [6.07, 6.45) is 4.67. The van der Waals surface area contributed by atoms with E-state index in [4.69, 9.17) is 9.57 Å². The van der Waals surface area contributed by atoms with Gasteiger partial charge in [0.1, 0.15) is 6.26 Å². The Bertz CT molecular complexity index is 409. The Balaban J connectivity index is 2.04. The van der Waals surface area contributed by atoms with Gasteiger partial charge in [-0.15, -0.1) is 0 Å². The van der Waals surface area contributed by atoms with Crippen LogP contribution in [0.4, 0.5) is 0 Å². The zero-order chi connectivity index (χ0) is 10.5. The molecule has 1 N–H and O–H groups in total. The predicted molar refractivity (Wildman–Crippen MR) is 53.3 cm³/mol. The molecule has 0 amide bonds. The summed E-state index contributed by atoms with van der Waals surface area (Å²) in [4.78, 5) is 16.3. The number of ether oxygens (including phenoxy) is 1. The Hall–Kier alpha value is -2.23. The molecule has 0 atom stereocenters. The van der Waals surface area contributed by atoms with Gasteiger partial charge in [-0.05, 0) is 18.2 Å². The van der Waals surface area contributed by atoms with Gasteiger partial charge in [-0.3, -0.25) is 0 Å². The van der Waals surface area contributed by atoms with E-state index in [1.54, 1.807) is 36.4 Å². The molecule has 0 saturated heterocycles. The first-order chi connectivity index (χ1) is 7.36. The second-order valence-electron chi connectivity index (χ2n) is 2.83. The fourth-order valence-electron chi connectivity index (χ4n) is 1.08. The highest BCUT2D eigenvalue weighted by Crippen LogP contribution is 2.06. The van der Waals surface area contributed by atoms with Gasteiger partial charge in [-0.1, -0.05) is 18.2 Å². The van der Waals surface area contributed by atoms with Crippen LogP contribution in [0.25, 0.3) is 0 Å². The zero-order valence-electron chi connectivity index (χ0n) is 7.84. The van der Waals surface area contributed by atoms with Crippen LogP contribution in [0.1, 0.15) is 10.4 Å². The Labute approximate surface area is 86.8 Å². The van der Waals surface area contributed by atoms with E-state index in [0.717, 1.165) is 0 Å². The number of carbonyl (C=O) groups is 1. The fraction of sp³-hybridized carbons (Fsp3) is 0. The van der Waals surface area contributed by atoms with Gasteiger partial charge < -0.3 is 9.57 Å². The van der Waals surface area contributed by atoms with E-state index < -0.39 is 5.97 Å². The third kappa shape index (κ3) is 2.37. The SMILES string of the molecule is O=C(OC1=CC=CON1)c1ccccc1. The van der Waals surface area contributed by atoms with Gasteiger partial charge in [0, 0.05) is 6.08 Å². The summed E-state index contributed by atoms with van der Waals surface area (Å²) >= 11 is 0. The average Bonchev–Trinajstić information content (AvgIpc) is 2.31. The van der Waals surface area contributed by atoms with E-state index in [0.29, 0.717) is 5.56 Å². The standard InChI is InChI=1S/C11H9NO3/c13-11(9-5-2-1-3-6-9)15-10-7-4-8-14-12-10/h1-8,12H. The number of nitrogens with one attached hydrogen (secondary N) is 1. The predicted octanol–water partition coefficient (Wildman–Crippen LogP) is 1.73. The first-order valence-corrected chi connectivity index (χ1v) is 4.42. The molecular weight excluding hydrogens is 194 g/mol. The van der Waals surface area contributed by atoms with E-state index in [2.05, 4.69) is 5.48 Å². The molecule has 1 heterocycles. The van der Waals surface area contributed by atoms with Crippen molar-refractivity contribution in [3.8, 4) is 0 Å². The van der Waals surface area contributed by atoms with Gasteiger partial charge >= 0.3 is 5.97 Å². The summed E-state index contributed by atoms with van der Waals surface area (Å²) in [7, 11) is 0. The maximum atomic E-state index is 11.5. The third-order valence-electron chi connectivity index (χ3n) is 1.77. The monoisotopic (exact) mass is 203 g/mol. The molecule has 0 spiro atoms. The number of hydrogen-bond acceptors (Lipinski definition) is 4. The maximum Gasteiger partial charge on any atom is 0.344 e. The Morgan fingerprint density at radius 2 is 2.07 bits per heavy atom. The normalized spacial score (nSPS) is 13.5. The molecule has 0 aromatic heterocycles. The minimum Gasteiger partial charge on any atom is -0.403 e.